The number of esters is 2. The smallest absolute Gasteiger partial charge is 0.340 e. The topological polar surface area (TPSA) is 65.5 Å². The second kappa shape index (κ2) is 7.92. The summed E-state index contributed by atoms with van der Waals surface area (Å²) in [6.07, 6.45) is 0.590. The van der Waals surface area contributed by atoms with Crippen LogP contribution in [-0.2, 0) is 15.9 Å². The molecule has 0 aromatic carbocycles. The monoisotopic (exact) mass is 307 g/mol. The van der Waals surface area contributed by atoms with Gasteiger partial charge in [0.2, 0.25) is 0 Å². The number of hydrogen-bond donors (Lipinski definition) is 0. The van der Waals surface area contributed by atoms with Crippen molar-refractivity contribution in [2.45, 2.75) is 48.0 Å². The van der Waals surface area contributed by atoms with Crippen molar-refractivity contribution in [1.82, 2.24) is 4.98 Å². The Morgan fingerprint density at radius 2 is 1.36 bits per heavy atom. The Kier molecular flexibility index (Phi) is 6.53. The normalized spacial score (nSPS) is 10.7. The van der Waals surface area contributed by atoms with Crippen LogP contribution in [0.2, 0.25) is 0 Å². The lowest BCUT2D eigenvalue weighted by Gasteiger charge is -2.18. The number of pyridine rings is 1. The molecule has 0 amide bonds. The van der Waals surface area contributed by atoms with Crippen LogP contribution in [0.4, 0.5) is 0 Å². The first-order valence-corrected chi connectivity index (χ1v) is 7.67. The Hall–Kier alpha value is -1.91. The van der Waals surface area contributed by atoms with Gasteiger partial charge in [0, 0.05) is 0 Å². The minimum Gasteiger partial charge on any atom is -0.462 e. The number of hydrogen-bond acceptors (Lipinski definition) is 5. The Morgan fingerprint density at radius 3 is 1.68 bits per heavy atom. The first-order chi connectivity index (χ1) is 10.3. The fraction of sp³-hybridized carbons (Fsp3) is 0.588. The zero-order valence-corrected chi connectivity index (χ0v) is 14.3. The molecule has 0 bridgehead atoms. The van der Waals surface area contributed by atoms with Gasteiger partial charge in [0.05, 0.1) is 35.7 Å². The van der Waals surface area contributed by atoms with Gasteiger partial charge in [0.1, 0.15) is 0 Å². The van der Waals surface area contributed by atoms with E-state index in [0.717, 1.165) is 0 Å². The van der Waals surface area contributed by atoms with Crippen LogP contribution in [0.25, 0.3) is 0 Å². The quantitative estimate of drug-likeness (QED) is 0.755. The first-order valence-electron chi connectivity index (χ1n) is 7.67. The number of aryl methyl sites for hydroxylation is 2. The number of carbonyl (C=O) groups excluding carboxylic acids is 2. The molecule has 0 aliphatic heterocycles. The molecule has 0 atom stereocenters. The van der Waals surface area contributed by atoms with Crippen molar-refractivity contribution in [3.05, 3.63) is 28.1 Å². The van der Waals surface area contributed by atoms with Crippen LogP contribution in [0.1, 0.15) is 65.4 Å². The number of rotatable bonds is 6. The fourth-order valence-corrected chi connectivity index (χ4v) is 2.49. The summed E-state index contributed by atoms with van der Waals surface area (Å²) >= 11 is 0. The highest BCUT2D eigenvalue weighted by molar-refractivity contribution is 5.99. The third kappa shape index (κ3) is 4.06. The Labute approximate surface area is 132 Å². The van der Waals surface area contributed by atoms with Gasteiger partial charge in [-0.1, -0.05) is 13.8 Å². The van der Waals surface area contributed by atoms with Gasteiger partial charge in [0.15, 0.2) is 0 Å². The standard InChI is InChI=1S/C17H25NO4/c1-7-21-16(19)14-11(5)18-12(6)15(17(20)22-8-2)13(14)9-10(3)4/h10H,7-9H2,1-6H3. The highest BCUT2D eigenvalue weighted by Gasteiger charge is 2.26. The minimum atomic E-state index is -0.436. The summed E-state index contributed by atoms with van der Waals surface area (Å²) in [5.74, 6) is -0.593. The van der Waals surface area contributed by atoms with E-state index in [4.69, 9.17) is 9.47 Å². The van der Waals surface area contributed by atoms with E-state index in [-0.39, 0.29) is 19.1 Å². The van der Waals surface area contributed by atoms with Crippen LogP contribution in [0, 0.1) is 19.8 Å². The number of nitrogens with zero attached hydrogens (tertiary/aromatic N) is 1. The summed E-state index contributed by atoms with van der Waals surface area (Å²) in [4.78, 5) is 28.9. The van der Waals surface area contributed by atoms with Gasteiger partial charge in [-0.05, 0) is 45.6 Å². The van der Waals surface area contributed by atoms with Crippen LogP contribution in [0.5, 0.6) is 0 Å². The predicted octanol–water partition coefficient (Wildman–Crippen LogP) is 3.25. The molecule has 22 heavy (non-hydrogen) atoms. The van der Waals surface area contributed by atoms with Gasteiger partial charge in [-0.25, -0.2) is 9.59 Å². The number of carbonyl (C=O) groups is 2. The lowest BCUT2D eigenvalue weighted by Crippen LogP contribution is -2.20. The summed E-state index contributed by atoms with van der Waals surface area (Å²) in [5.41, 5.74) is 2.63. The number of ether oxygens (including phenoxy) is 2. The van der Waals surface area contributed by atoms with Crippen molar-refractivity contribution >= 4 is 11.9 Å². The van der Waals surface area contributed by atoms with Crippen LogP contribution >= 0.6 is 0 Å². The van der Waals surface area contributed by atoms with Crippen molar-refractivity contribution in [1.29, 1.82) is 0 Å². The molecule has 5 heteroatoms. The Bertz CT molecular complexity index is 522. The molecule has 0 radical (unpaired) electrons. The highest BCUT2D eigenvalue weighted by atomic mass is 16.5. The molecule has 0 N–H and O–H groups in total. The van der Waals surface area contributed by atoms with Crippen LogP contribution in [-0.4, -0.2) is 30.1 Å². The van der Waals surface area contributed by atoms with E-state index in [9.17, 15) is 9.59 Å². The summed E-state index contributed by atoms with van der Waals surface area (Å²) in [5, 5.41) is 0. The molecular weight excluding hydrogens is 282 g/mol. The van der Waals surface area contributed by atoms with Gasteiger partial charge >= 0.3 is 11.9 Å². The second-order valence-electron chi connectivity index (χ2n) is 5.55. The second-order valence-corrected chi connectivity index (χ2v) is 5.55. The molecule has 1 aromatic heterocycles. The molecule has 0 fully saturated rings. The fourth-order valence-electron chi connectivity index (χ4n) is 2.49. The maximum Gasteiger partial charge on any atom is 0.340 e. The molecule has 0 saturated heterocycles. The predicted molar refractivity (Wildman–Crippen MR) is 84.2 cm³/mol. The molecule has 0 saturated carbocycles. The van der Waals surface area contributed by atoms with E-state index in [1.807, 2.05) is 13.8 Å². The van der Waals surface area contributed by atoms with E-state index in [2.05, 4.69) is 4.98 Å². The van der Waals surface area contributed by atoms with Gasteiger partial charge in [-0.15, -0.1) is 0 Å². The van der Waals surface area contributed by atoms with Gasteiger partial charge in [-0.2, -0.15) is 0 Å². The Morgan fingerprint density at radius 1 is 0.955 bits per heavy atom. The van der Waals surface area contributed by atoms with E-state index < -0.39 is 11.9 Å². The van der Waals surface area contributed by atoms with Gasteiger partial charge in [0.25, 0.3) is 0 Å². The lowest BCUT2D eigenvalue weighted by atomic mass is 9.91. The Balaban J connectivity index is 3.57. The van der Waals surface area contributed by atoms with Crippen molar-refractivity contribution in [2.24, 2.45) is 5.92 Å². The summed E-state index contributed by atoms with van der Waals surface area (Å²) in [6, 6.07) is 0. The third-order valence-corrected chi connectivity index (χ3v) is 3.23. The molecule has 0 aliphatic rings. The van der Waals surface area contributed by atoms with E-state index in [1.54, 1.807) is 27.7 Å². The molecule has 0 unspecified atom stereocenters. The molecule has 1 heterocycles. The van der Waals surface area contributed by atoms with Crippen molar-refractivity contribution < 1.29 is 19.1 Å². The maximum absolute atomic E-state index is 12.3. The largest absolute Gasteiger partial charge is 0.462 e. The molecule has 5 nitrogen and oxygen atoms in total. The molecule has 0 spiro atoms. The summed E-state index contributed by atoms with van der Waals surface area (Å²) < 4.78 is 10.3. The first kappa shape index (κ1) is 18.1. The minimum absolute atomic E-state index is 0.280. The molecule has 122 valence electrons. The van der Waals surface area contributed by atoms with E-state index in [1.165, 1.54) is 0 Å². The zero-order valence-electron chi connectivity index (χ0n) is 14.3. The van der Waals surface area contributed by atoms with Crippen molar-refractivity contribution in [3.8, 4) is 0 Å². The zero-order chi connectivity index (χ0) is 16.9. The van der Waals surface area contributed by atoms with Crippen LogP contribution in [0.15, 0.2) is 0 Å². The van der Waals surface area contributed by atoms with Crippen molar-refractivity contribution in [3.63, 3.8) is 0 Å². The molecular formula is C17H25NO4. The molecule has 0 aliphatic carbocycles. The average molecular weight is 307 g/mol. The number of aromatic nitrogens is 1. The molecule has 1 rings (SSSR count). The van der Waals surface area contributed by atoms with Gasteiger partial charge in [-0.3, -0.25) is 4.98 Å². The van der Waals surface area contributed by atoms with Crippen LogP contribution in [0.3, 0.4) is 0 Å². The van der Waals surface area contributed by atoms with Gasteiger partial charge < -0.3 is 9.47 Å². The lowest BCUT2D eigenvalue weighted by molar-refractivity contribution is 0.0520. The van der Waals surface area contributed by atoms with Crippen molar-refractivity contribution in [2.75, 3.05) is 13.2 Å². The molecule has 1 aromatic rings. The highest BCUT2D eigenvalue weighted by Crippen LogP contribution is 2.25. The van der Waals surface area contributed by atoms with Crippen LogP contribution < -0.4 is 0 Å². The maximum atomic E-state index is 12.3. The third-order valence-electron chi connectivity index (χ3n) is 3.23. The SMILES string of the molecule is CCOC(=O)c1c(C)nc(C)c(C(=O)OCC)c1CC(C)C. The van der Waals surface area contributed by atoms with E-state index >= 15 is 0 Å². The van der Waals surface area contributed by atoms with E-state index in [0.29, 0.717) is 34.5 Å². The summed E-state index contributed by atoms with van der Waals surface area (Å²) in [6.45, 7) is 11.7. The average Bonchev–Trinajstić information content (AvgIpc) is 2.37. The summed E-state index contributed by atoms with van der Waals surface area (Å²) in [7, 11) is 0.